The minimum atomic E-state index is 0.625. The molecule has 0 rings (SSSR count). The van der Waals surface area contributed by atoms with Gasteiger partial charge in [-0.25, -0.2) is 0 Å². The van der Waals surface area contributed by atoms with Gasteiger partial charge in [0, 0.05) is 26.1 Å². The molecule has 0 spiro atoms. The molecule has 0 aliphatic rings. The maximum Gasteiger partial charge on any atom is 0.0985 e. The van der Waals surface area contributed by atoms with E-state index in [9.17, 15) is 0 Å². The Hall–Kier alpha value is -0.530. The number of hydrogen-bond acceptors (Lipinski definition) is 1. The zero-order valence-electron chi connectivity index (χ0n) is 10.5. The average molecular weight is 198 g/mol. The Balaban J connectivity index is 4.36. The summed E-state index contributed by atoms with van der Waals surface area (Å²) in [7, 11) is 1.90. The number of hydrogen-bond donors (Lipinski definition) is 0. The summed E-state index contributed by atoms with van der Waals surface area (Å²) in [6, 6.07) is 0.625. The third-order valence-corrected chi connectivity index (χ3v) is 2.78. The van der Waals surface area contributed by atoms with Crippen molar-refractivity contribution >= 4 is 5.84 Å². The van der Waals surface area contributed by atoms with Gasteiger partial charge in [-0.3, -0.25) is 4.99 Å². The highest BCUT2D eigenvalue weighted by Gasteiger charge is 2.13. The third-order valence-electron chi connectivity index (χ3n) is 2.78. The Morgan fingerprint density at radius 3 is 2.29 bits per heavy atom. The van der Waals surface area contributed by atoms with Gasteiger partial charge in [0.05, 0.1) is 5.84 Å². The molecule has 0 aliphatic heterocycles. The molecule has 2 heteroatoms. The van der Waals surface area contributed by atoms with Crippen molar-refractivity contribution in [3.63, 3.8) is 0 Å². The molecular formula is C12H26N2. The van der Waals surface area contributed by atoms with Crippen molar-refractivity contribution < 1.29 is 0 Å². The molecular weight excluding hydrogens is 172 g/mol. The second-order valence-electron chi connectivity index (χ2n) is 3.80. The lowest BCUT2D eigenvalue weighted by molar-refractivity contribution is 0.311. The van der Waals surface area contributed by atoms with Gasteiger partial charge < -0.3 is 4.90 Å². The van der Waals surface area contributed by atoms with Crippen LogP contribution in [0, 0.1) is 0 Å². The molecule has 1 atom stereocenters. The van der Waals surface area contributed by atoms with E-state index < -0.39 is 0 Å². The molecule has 0 bridgehead atoms. The monoisotopic (exact) mass is 198 g/mol. The molecule has 0 saturated heterocycles. The van der Waals surface area contributed by atoms with Crippen LogP contribution in [0.5, 0.6) is 0 Å². The molecule has 14 heavy (non-hydrogen) atoms. The van der Waals surface area contributed by atoms with Crippen LogP contribution in [0.2, 0.25) is 0 Å². The van der Waals surface area contributed by atoms with Gasteiger partial charge in [0.15, 0.2) is 0 Å². The predicted molar refractivity (Wildman–Crippen MR) is 65.0 cm³/mol. The summed E-state index contributed by atoms with van der Waals surface area (Å²) in [4.78, 5) is 6.83. The van der Waals surface area contributed by atoms with Crippen molar-refractivity contribution in [1.29, 1.82) is 0 Å². The van der Waals surface area contributed by atoms with E-state index in [1.165, 1.54) is 25.1 Å². The fraction of sp³-hybridized carbons (Fsp3) is 0.917. The van der Waals surface area contributed by atoms with Gasteiger partial charge in [0.2, 0.25) is 0 Å². The number of rotatable bonds is 6. The lowest BCUT2D eigenvalue weighted by Crippen LogP contribution is -2.38. The van der Waals surface area contributed by atoms with Crippen molar-refractivity contribution in [1.82, 2.24) is 4.90 Å². The van der Waals surface area contributed by atoms with Crippen molar-refractivity contribution in [2.24, 2.45) is 4.99 Å². The molecule has 1 unspecified atom stereocenters. The Morgan fingerprint density at radius 2 is 1.93 bits per heavy atom. The second kappa shape index (κ2) is 7.84. The summed E-state index contributed by atoms with van der Waals surface area (Å²) in [5.74, 6) is 1.26. The summed E-state index contributed by atoms with van der Waals surface area (Å²) in [5, 5.41) is 0. The van der Waals surface area contributed by atoms with Gasteiger partial charge in [-0.15, -0.1) is 0 Å². The van der Waals surface area contributed by atoms with E-state index in [1.807, 2.05) is 7.05 Å². The Kier molecular flexibility index (Phi) is 7.54. The molecule has 0 N–H and O–H groups in total. The SMILES string of the molecule is CCCCN(C(CC)=NC)C(C)CC. The number of unbranched alkanes of at least 4 members (excludes halogenated alkanes) is 1. The van der Waals surface area contributed by atoms with Crippen molar-refractivity contribution in [3.05, 3.63) is 0 Å². The summed E-state index contributed by atoms with van der Waals surface area (Å²) >= 11 is 0. The molecule has 0 aliphatic carbocycles. The molecule has 0 aromatic carbocycles. The number of nitrogens with zero attached hydrogens (tertiary/aromatic N) is 2. The number of amidine groups is 1. The van der Waals surface area contributed by atoms with Crippen LogP contribution in [-0.4, -0.2) is 30.4 Å². The lowest BCUT2D eigenvalue weighted by Gasteiger charge is -2.31. The highest BCUT2D eigenvalue weighted by atomic mass is 15.2. The average Bonchev–Trinajstić information content (AvgIpc) is 2.23. The molecule has 0 aromatic heterocycles. The van der Waals surface area contributed by atoms with Crippen molar-refractivity contribution in [2.75, 3.05) is 13.6 Å². The van der Waals surface area contributed by atoms with Gasteiger partial charge in [-0.1, -0.05) is 27.2 Å². The van der Waals surface area contributed by atoms with Crippen LogP contribution in [0.1, 0.15) is 53.4 Å². The Labute approximate surface area is 89.4 Å². The van der Waals surface area contributed by atoms with Gasteiger partial charge in [0.25, 0.3) is 0 Å². The Morgan fingerprint density at radius 1 is 1.29 bits per heavy atom. The topological polar surface area (TPSA) is 15.6 Å². The van der Waals surface area contributed by atoms with E-state index in [-0.39, 0.29) is 0 Å². The zero-order chi connectivity index (χ0) is 11.0. The molecule has 0 saturated carbocycles. The third kappa shape index (κ3) is 4.12. The molecule has 0 aromatic rings. The van der Waals surface area contributed by atoms with E-state index in [1.54, 1.807) is 0 Å². The molecule has 84 valence electrons. The van der Waals surface area contributed by atoms with Gasteiger partial charge in [0.1, 0.15) is 0 Å². The predicted octanol–water partition coefficient (Wildman–Crippen LogP) is 3.33. The van der Waals surface area contributed by atoms with Crippen LogP contribution in [-0.2, 0) is 0 Å². The van der Waals surface area contributed by atoms with Crippen molar-refractivity contribution in [2.45, 2.75) is 59.4 Å². The van der Waals surface area contributed by atoms with Crippen molar-refractivity contribution in [3.8, 4) is 0 Å². The fourth-order valence-electron chi connectivity index (χ4n) is 1.64. The summed E-state index contributed by atoms with van der Waals surface area (Å²) in [5.41, 5.74) is 0. The van der Waals surface area contributed by atoms with E-state index in [2.05, 4.69) is 37.6 Å². The molecule has 0 fully saturated rings. The van der Waals surface area contributed by atoms with E-state index >= 15 is 0 Å². The minimum Gasteiger partial charge on any atom is -0.358 e. The van der Waals surface area contributed by atoms with Crippen LogP contribution in [0.3, 0.4) is 0 Å². The van der Waals surface area contributed by atoms with Crippen LogP contribution in [0.25, 0.3) is 0 Å². The maximum atomic E-state index is 4.37. The number of aliphatic imine (C=N–C) groups is 1. The largest absolute Gasteiger partial charge is 0.358 e. The van der Waals surface area contributed by atoms with E-state index in [0.29, 0.717) is 6.04 Å². The highest BCUT2D eigenvalue weighted by Crippen LogP contribution is 2.08. The molecule has 0 heterocycles. The van der Waals surface area contributed by atoms with Gasteiger partial charge in [-0.2, -0.15) is 0 Å². The normalized spacial score (nSPS) is 14.2. The molecule has 0 amide bonds. The van der Waals surface area contributed by atoms with Gasteiger partial charge >= 0.3 is 0 Å². The van der Waals surface area contributed by atoms with E-state index in [4.69, 9.17) is 0 Å². The summed E-state index contributed by atoms with van der Waals surface area (Å²) < 4.78 is 0. The van der Waals surface area contributed by atoms with Crippen LogP contribution in [0.15, 0.2) is 4.99 Å². The minimum absolute atomic E-state index is 0.625. The van der Waals surface area contributed by atoms with Gasteiger partial charge in [-0.05, 0) is 19.8 Å². The molecule has 0 radical (unpaired) electrons. The summed E-state index contributed by atoms with van der Waals surface area (Å²) in [6.07, 6.45) is 4.77. The molecule has 2 nitrogen and oxygen atoms in total. The first kappa shape index (κ1) is 13.5. The standard InChI is InChI=1S/C12H26N2/c1-6-9-10-14(11(4)7-2)12(8-3)13-5/h11H,6-10H2,1-5H3. The fourth-order valence-corrected chi connectivity index (χ4v) is 1.64. The lowest BCUT2D eigenvalue weighted by atomic mass is 10.2. The van der Waals surface area contributed by atoms with Crippen LogP contribution < -0.4 is 0 Å². The first-order chi connectivity index (χ1) is 6.71. The van der Waals surface area contributed by atoms with Crippen LogP contribution in [0.4, 0.5) is 0 Å². The first-order valence-corrected chi connectivity index (χ1v) is 5.93. The maximum absolute atomic E-state index is 4.37. The van der Waals surface area contributed by atoms with E-state index in [0.717, 1.165) is 13.0 Å². The Bertz CT molecular complexity index is 164. The zero-order valence-corrected chi connectivity index (χ0v) is 10.5. The smallest absolute Gasteiger partial charge is 0.0985 e. The van der Waals surface area contributed by atoms with Crippen LogP contribution >= 0.6 is 0 Å². The highest BCUT2D eigenvalue weighted by molar-refractivity contribution is 5.82. The summed E-state index contributed by atoms with van der Waals surface area (Å²) in [6.45, 7) is 10.1. The first-order valence-electron chi connectivity index (χ1n) is 5.93. The quantitative estimate of drug-likeness (QED) is 0.472. The second-order valence-corrected chi connectivity index (χ2v) is 3.80.